The summed E-state index contributed by atoms with van der Waals surface area (Å²) in [4.78, 5) is 12.9. The fourth-order valence-electron chi connectivity index (χ4n) is 1.87. The van der Waals surface area contributed by atoms with Gasteiger partial charge in [0.2, 0.25) is 0 Å². The van der Waals surface area contributed by atoms with E-state index in [9.17, 15) is 4.79 Å². The molecular formula is C15H13NNiO3. The van der Waals surface area contributed by atoms with Gasteiger partial charge in [-0.1, -0.05) is 0 Å². The van der Waals surface area contributed by atoms with Crippen molar-refractivity contribution in [2.75, 3.05) is 7.11 Å². The Kier molecular flexibility index (Phi) is 4.67. The molecule has 4 nitrogen and oxygen atoms in total. The van der Waals surface area contributed by atoms with Crippen LogP contribution in [0.1, 0.15) is 15.9 Å². The number of hydrogen-bond acceptors (Lipinski definition) is 3. The van der Waals surface area contributed by atoms with Crippen LogP contribution in [0.4, 0.5) is 0 Å². The molecule has 106 valence electrons. The number of amides is 1. The molecule has 0 aliphatic carbocycles. The third kappa shape index (κ3) is 2.95. The van der Waals surface area contributed by atoms with E-state index in [0.29, 0.717) is 5.56 Å². The van der Waals surface area contributed by atoms with Gasteiger partial charge in [-0.05, 0) is 0 Å². The zero-order chi connectivity index (χ0) is 14.5. The summed E-state index contributed by atoms with van der Waals surface area (Å²) in [5, 5.41) is 8.58. The first-order chi connectivity index (χ1) is 9.69. The Morgan fingerprint density at radius 3 is 2.50 bits per heavy atom. The van der Waals surface area contributed by atoms with Crippen molar-refractivity contribution in [1.82, 2.24) is 5.48 Å². The van der Waals surface area contributed by atoms with E-state index >= 15 is 0 Å². The summed E-state index contributed by atoms with van der Waals surface area (Å²) in [6.45, 7) is 0. The number of nitrogens with one attached hydrogen (secondary N) is 1. The number of hydrogen-bond donors (Lipinski definition) is 2. The summed E-state index contributed by atoms with van der Waals surface area (Å²) < 4.78 is 5.17. The Morgan fingerprint density at radius 2 is 1.95 bits per heavy atom. The van der Waals surface area contributed by atoms with Gasteiger partial charge in [0.1, 0.15) is 0 Å². The number of hydroxylamine groups is 1. The molecule has 0 atom stereocenters. The van der Waals surface area contributed by atoms with Crippen LogP contribution in [0.2, 0.25) is 0 Å². The zero-order valence-electron chi connectivity index (χ0n) is 10.7. The van der Waals surface area contributed by atoms with Crippen LogP contribution < -0.4 is 10.2 Å². The van der Waals surface area contributed by atoms with Crippen LogP contribution >= 0.6 is 0 Å². The standard InChI is InChI=1S/C15H13NO3.Ni/c1-10-9-13(19-2)7-8-14(10)11-3-5-12(6-4-11)15(17)16-18;/h1,3-9,18H,2H3,(H,16,17);. The van der Waals surface area contributed by atoms with Crippen LogP contribution in [-0.4, -0.2) is 23.2 Å². The van der Waals surface area contributed by atoms with Gasteiger partial charge in [-0.3, -0.25) is 0 Å². The third-order valence-corrected chi connectivity index (χ3v) is 3.22. The molecule has 1 amide bonds. The van der Waals surface area contributed by atoms with Gasteiger partial charge in [-0.2, -0.15) is 0 Å². The second-order valence-electron chi connectivity index (χ2n) is 4.06. The SMILES string of the molecule is COc1ccc(-c2ccc(C(=O)NO)cc2)c([CH]=[Ni])c1. The van der Waals surface area contributed by atoms with Crippen LogP contribution in [0.3, 0.4) is 0 Å². The van der Waals surface area contributed by atoms with E-state index in [0.717, 1.165) is 22.4 Å². The average Bonchev–Trinajstić information content (AvgIpc) is 2.53. The summed E-state index contributed by atoms with van der Waals surface area (Å²) in [7, 11) is 1.61. The molecular weight excluding hydrogens is 301 g/mol. The fraction of sp³-hybridized carbons (Fsp3) is 0.0667. The van der Waals surface area contributed by atoms with Crippen LogP contribution in [0, 0.1) is 0 Å². The normalized spacial score (nSPS) is 10.0. The quantitative estimate of drug-likeness (QED) is 0.517. The molecule has 0 spiro atoms. The molecule has 0 fully saturated rings. The molecule has 5 heteroatoms. The molecule has 0 saturated heterocycles. The molecule has 2 rings (SSSR count). The minimum absolute atomic E-state index is 0.386. The molecule has 0 saturated carbocycles. The second-order valence-corrected chi connectivity index (χ2v) is 4.35. The van der Waals surface area contributed by atoms with Gasteiger partial charge in [0.15, 0.2) is 0 Å². The van der Waals surface area contributed by atoms with Crippen LogP contribution in [0.5, 0.6) is 5.75 Å². The molecule has 0 unspecified atom stereocenters. The first-order valence-corrected chi connectivity index (χ1v) is 6.39. The Balaban J connectivity index is 2.41. The van der Waals surface area contributed by atoms with E-state index in [2.05, 4.69) is 0 Å². The second kappa shape index (κ2) is 6.46. The Bertz CT molecular complexity index is 638. The van der Waals surface area contributed by atoms with Crippen molar-refractivity contribution in [2.24, 2.45) is 0 Å². The van der Waals surface area contributed by atoms with Crippen molar-refractivity contribution in [3.8, 4) is 16.9 Å². The molecule has 0 bridgehead atoms. The van der Waals surface area contributed by atoms with Crippen molar-refractivity contribution in [3.63, 3.8) is 0 Å². The first-order valence-electron chi connectivity index (χ1n) is 5.82. The van der Waals surface area contributed by atoms with Crippen molar-refractivity contribution in [1.29, 1.82) is 0 Å². The average molecular weight is 314 g/mol. The summed E-state index contributed by atoms with van der Waals surface area (Å²) in [6, 6.07) is 12.5. The van der Waals surface area contributed by atoms with Gasteiger partial charge in [0, 0.05) is 0 Å². The number of methoxy groups -OCH3 is 1. The zero-order valence-corrected chi connectivity index (χ0v) is 11.7. The predicted octanol–water partition coefficient (Wildman–Crippen LogP) is 2.18. The summed E-state index contributed by atoms with van der Waals surface area (Å²) in [5.74, 6) is 0.205. The number of carbonyl (C=O) groups is 1. The van der Waals surface area contributed by atoms with Gasteiger partial charge < -0.3 is 0 Å². The van der Waals surface area contributed by atoms with Gasteiger partial charge in [-0.25, -0.2) is 0 Å². The van der Waals surface area contributed by atoms with Gasteiger partial charge in [0.05, 0.1) is 0 Å². The molecule has 0 aliphatic rings. The minimum atomic E-state index is -0.538. The van der Waals surface area contributed by atoms with Gasteiger partial charge in [0.25, 0.3) is 0 Å². The predicted molar refractivity (Wildman–Crippen MR) is 72.8 cm³/mol. The summed E-state index contributed by atoms with van der Waals surface area (Å²) in [5.41, 5.74) is 4.78. The van der Waals surface area contributed by atoms with E-state index in [4.69, 9.17) is 25.0 Å². The Hall–Kier alpha value is -1.97. The molecule has 0 heterocycles. The molecule has 0 aromatic heterocycles. The summed E-state index contributed by atoms with van der Waals surface area (Å²) >= 11 is 4.72. The maximum absolute atomic E-state index is 11.3. The monoisotopic (exact) mass is 313 g/mol. The van der Waals surface area contributed by atoms with E-state index in [1.807, 2.05) is 18.2 Å². The fourth-order valence-corrected chi connectivity index (χ4v) is 2.11. The number of rotatable bonds is 4. The third-order valence-electron chi connectivity index (χ3n) is 2.92. The first kappa shape index (κ1) is 14.4. The van der Waals surface area contributed by atoms with Crippen molar-refractivity contribution < 1.29 is 29.8 Å². The van der Waals surface area contributed by atoms with Crippen LogP contribution in [0.15, 0.2) is 42.5 Å². The van der Waals surface area contributed by atoms with Crippen molar-refractivity contribution in [3.05, 3.63) is 53.6 Å². The number of benzene rings is 2. The molecule has 2 aromatic carbocycles. The molecule has 2 aromatic rings. The van der Waals surface area contributed by atoms with E-state index in [1.54, 1.807) is 41.8 Å². The molecule has 0 radical (unpaired) electrons. The van der Waals surface area contributed by atoms with E-state index in [-0.39, 0.29) is 0 Å². The molecule has 20 heavy (non-hydrogen) atoms. The van der Waals surface area contributed by atoms with Gasteiger partial charge in [-0.15, -0.1) is 0 Å². The Labute approximate surface area is 124 Å². The van der Waals surface area contributed by atoms with Gasteiger partial charge >= 0.3 is 124 Å². The number of carbonyl (C=O) groups excluding carboxylic acids is 1. The molecule has 2 N–H and O–H groups in total. The van der Waals surface area contributed by atoms with E-state index < -0.39 is 5.91 Å². The Morgan fingerprint density at radius 1 is 1.25 bits per heavy atom. The topological polar surface area (TPSA) is 58.6 Å². The maximum atomic E-state index is 11.3. The molecule has 0 aliphatic heterocycles. The van der Waals surface area contributed by atoms with Crippen LogP contribution in [-0.2, 0) is 15.0 Å². The number of ether oxygens (including phenoxy) is 1. The van der Waals surface area contributed by atoms with Crippen molar-refractivity contribution in [2.45, 2.75) is 0 Å². The van der Waals surface area contributed by atoms with Crippen LogP contribution in [0.25, 0.3) is 11.1 Å². The van der Waals surface area contributed by atoms with E-state index in [1.165, 1.54) is 0 Å². The van der Waals surface area contributed by atoms with Crippen molar-refractivity contribution >= 4 is 10.9 Å². The summed E-state index contributed by atoms with van der Waals surface area (Å²) in [6.07, 6.45) is 0.